The first kappa shape index (κ1) is 13.4. The van der Waals surface area contributed by atoms with Gasteiger partial charge in [0.2, 0.25) is 6.41 Å². The van der Waals surface area contributed by atoms with Crippen LogP contribution in [-0.2, 0) is 4.79 Å². The monoisotopic (exact) mass is 200 g/mol. The Balaban J connectivity index is 3.76. The molecule has 0 N–H and O–H groups in total. The van der Waals surface area contributed by atoms with Gasteiger partial charge in [0.15, 0.2) is 0 Å². The Labute approximate surface area is 88.1 Å². The number of hydrogen-bond donors (Lipinski definition) is 0. The predicted octanol–water partition coefficient (Wildman–Crippen LogP) is 1.93. The van der Waals surface area contributed by atoms with Crippen molar-refractivity contribution in [3.05, 3.63) is 0 Å². The lowest BCUT2D eigenvalue weighted by atomic mass is 10.3. The molecule has 0 saturated heterocycles. The van der Waals surface area contributed by atoms with Gasteiger partial charge in [0.1, 0.15) is 0 Å². The summed E-state index contributed by atoms with van der Waals surface area (Å²) in [4.78, 5) is 14.5. The number of unbranched alkanes of at least 4 members (excludes halogenated alkanes) is 2. The van der Waals surface area contributed by atoms with Gasteiger partial charge in [0, 0.05) is 7.05 Å². The summed E-state index contributed by atoms with van der Waals surface area (Å²) in [5, 5.41) is 0. The van der Waals surface area contributed by atoms with E-state index in [0.29, 0.717) is 0 Å². The summed E-state index contributed by atoms with van der Waals surface area (Å²) in [5.41, 5.74) is 0. The zero-order valence-corrected chi connectivity index (χ0v) is 9.83. The molecule has 0 spiro atoms. The van der Waals surface area contributed by atoms with E-state index in [4.69, 9.17) is 0 Å². The van der Waals surface area contributed by atoms with Gasteiger partial charge in [-0.05, 0) is 25.9 Å². The highest BCUT2D eigenvalue weighted by Gasteiger charge is 2.05. The van der Waals surface area contributed by atoms with Crippen molar-refractivity contribution in [3.8, 4) is 0 Å². The largest absolute Gasteiger partial charge is 0.335 e. The minimum absolute atomic E-state index is 0.767. The summed E-state index contributed by atoms with van der Waals surface area (Å²) in [6.45, 7) is 7.37. The number of rotatable bonds is 9. The molecule has 0 heterocycles. The molecule has 0 aliphatic rings. The van der Waals surface area contributed by atoms with E-state index in [-0.39, 0.29) is 0 Å². The summed E-state index contributed by atoms with van der Waals surface area (Å²) in [6.07, 6.45) is 5.76. The van der Waals surface area contributed by atoms with Crippen LogP contribution in [0.4, 0.5) is 0 Å². The second-order valence-electron chi connectivity index (χ2n) is 3.83. The summed E-state index contributed by atoms with van der Waals surface area (Å²) >= 11 is 0. The van der Waals surface area contributed by atoms with Crippen LogP contribution in [0.5, 0.6) is 0 Å². The number of nitrogens with zero attached hydrogens (tertiary/aromatic N) is 2. The molecule has 0 unspecified atom stereocenters. The molecule has 0 aromatic carbocycles. The molecule has 0 aromatic rings. The zero-order chi connectivity index (χ0) is 10.8. The van der Waals surface area contributed by atoms with Crippen LogP contribution in [0.2, 0.25) is 0 Å². The van der Waals surface area contributed by atoms with Crippen LogP contribution in [0.15, 0.2) is 0 Å². The summed E-state index contributed by atoms with van der Waals surface area (Å²) in [6, 6.07) is 0. The summed E-state index contributed by atoms with van der Waals surface area (Å²) in [7, 11) is 1.83. The second-order valence-corrected chi connectivity index (χ2v) is 3.83. The van der Waals surface area contributed by atoms with Crippen LogP contribution >= 0.6 is 0 Å². The highest BCUT2D eigenvalue weighted by Crippen LogP contribution is 1.99. The number of amides is 1. The first-order chi connectivity index (χ1) is 6.74. The number of hydrogen-bond acceptors (Lipinski definition) is 2. The lowest BCUT2D eigenvalue weighted by Crippen LogP contribution is -2.36. The van der Waals surface area contributed by atoms with Gasteiger partial charge >= 0.3 is 0 Å². The molecule has 14 heavy (non-hydrogen) atoms. The third kappa shape index (κ3) is 6.89. The van der Waals surface area contributed by atoms with Crippen LogP contribution < -0.4 is 0 Å². The van der Waals surface area contributed by atoms with E-state index in [2.05, 4.69) is 18.7 Å². The minimum atomic E-state index is 0.767. The van der Waals surface area contributed by atoms with Gasteiger partial charge in [0.25, 0.3) is 0 Å². The minimum Gasteiger partial charge on any atom is -0.335 e. The van der Waals surface area contributed by atoms with Gasteiger partial charge < -0.3 is 4.90 Å². The summed E-state index contributed by atoms with van der Waals surface area (Å²) < 4.78 is 0. The van der Waals surface area contributed by atoms with Crippen LogP contribution in [0.3, 0.4) is 0 Å². The number of carbonyl (C=O) groups is 1. The van der Waals surface area contributed by atoms with Crippen LogP contribution in [0, 0.1) is 0 Å². The lowest BCUT2D eigenvalue weighted by Gasteiger charge is -2.25. The standard InChI is InChI=1S/C11H24N2O/c1-4-6-8-13(9-7-5-2)10-12(3)11-14/h11H,4-10H2,1-3H3. The van der Waals surface area contributed by atoms with Crippen molar-refractivity contribution in [1.29, 1.82) is 0 Å². The molecule has 84 valence electrons. The van der Waals surface area contributed by atoms with Gasteiger partial charge in [-0.2, -0.15) is 0 Å². The van der Waals surface area contributed by atoms with E-state index in [1.165, 1.54) is 25.7 Å². The third-order valence-electron chi connectivity index (χ3n) is 2.26. The topological polar surface area (TPSA) is 23.6 Å². The SMILES string of the molecule is CCCCN(CCCC)CN(C)C=O. The molecule has 0 aromatic heterocycles. The normalized spacial score (nSPS) is 10.6. The van der Waals surface area contributed by atoms with Crippen molar-refractivity contribution in [2.24, 2.45) is 0 Å². The van der Waals surface area contributed by atoms with Crippen LogP contribution in [0.25, 0.3) is 0 Å². The van der Waals surface area contributed by atoms with Gasteiger partial charge in [-0.15, -0.1) is 0 Å². The number of carbonyl (C=O) groups excluding carboxylic acids is 1. The fraction of sp³-hybridized carbons (Fsp3) is 0.909. The van der Waals surface area contributed by atoms with Crippen molar-refractivity contribution < 1.29 is 4.79 Å². The maximum atomic E-state index is 10.5. The highest BCUT2D eigenvalue weighted by molar-refractivity contribution is 5.45. The van der Waals surface area contributed by atoms with E-state index >= 15 is 0 Å². The molecule has 0 fully saturated rings. The molecule has 0 atom stereocenters. The molecule has 0 aliphatic heterocycles. The van der Waals surface area contributed by atoms with E-state index in [1.807, 2.05) is 7.05 Å². The Hall–Kier alpha value is -0.570. The van der Waals surface area contributed by atoms with Gasteiger partial charge in [-0.25, -0.2) is 0 Å². The first-order valence-corrected chi connectivity index (χ1v) is 5.62. The van der Waals surface area contributed by atoms with E-state index in [9.17, 15) is 4.79 Å². The Morgan fingerprint density at radius 1 is 1.07 bits per heavy atom. The fourth-order valence-corrected chi connectivity index (χ4v) is 1.37. The maximum absolute atomic E-state index is 10.5. The van der Waals surface area contributed by atoms with E-state index in [0.717, 1.165) is 26.2 Å². The van der Waals surface area contributed by atoms with Gasteiger partial charge in [-0.1, -0.05) is 26.7 Å². The molecular formula is C11H24N2O. The van der Waals surface area contributed by atoms with Crippen LogP contribution in [-0.4, -0.2) is 43.0 Å². The quantitative estimate of drug-likeness (QED) is 0.419. The smallest absolute Gasteiger partial charge is 0.210 e. The average molecular weight is 200 g/mol. The van der Waals surface area contributed by atoms with E-state index < -0.39 is 0 Å². The average Bonchev–Trinajstić information content (AvgIpc) is 2.21. The lowest BCUT2D eigenvalue weighted by molar-refractivity contribution is -0.118. The van der Waals surface area contributed by atoms with Crippen molar-refractivity contribution in [2.75, 3.05) is 26.8 Å². The van der Waals surface area contributed by atoms with Crippen LogP contribution in [0.1, 0.15) is 39.5 Å². The molecule has 3 heteroatoms. The third-order valence-corrected chi connectivity index (χ3v) is 2.26. The van der Waals surface area contributed by atoms with E-state index in [1.54, 1.807) is 4.90 Å². The molecule has 0 bridgehead atoms. The Bertz CT molecular complexity index is 131. The molecule has 1 amide bonds. The molecule has 0 radical (unpaired) electrons. The maximum Gasteiger partial charge on any atom is 0.210 e. The molecule has 0 rings (SSSR count). The second kappa shape index (κ2) is 9.00. The van der Waals surface area contributed by atoms with Crippen molar-refractivity contribution in [3.63, 3.8) is 0 Å². The molecule has 3 nitrogen and oxygen atoms in total. The van der Waals surface area contributed by atoms with Crippen molar-refractivity contribution in [1.82, 2.24) is 9.80 Å². The zero-order valence-electron chi connectivity index (χ0n) is 9.83. The fourth-order valence-electron chi connectivity index (χ4n) is 1.37. The molecule has 0 aliphatic carbocycles. The Morgan fingerprint density at radius 2 is 1.57 bits per heavy atom. The highest BCUT2D eigenvalue weighted by atomic mass is 16.1. The Morgan fingerprint density at radius 3 is 1.93 bits per heavy atom. The molecule has 0 saturated carbocycles. The van der Waals surface area contributed by atoms with Gasteiger partial charge in [-0.3, -0.25) is 9.69 Å². The van der Waals surface area contributed by atoms with Crippen molar-refractivity contribution >= 4 is 6.41 Å². The summed E-state index contributed by atoms with van der Waals surface area (Å²) in [5.74, 6) is 0. The Kier molecular flexibility index (Phi) is 8.64. The predicted molar refractivity (Wildman–Crippen MR) is 60.1 cm³/mol. The van der Waals surface area contributed by atoms with Gasteiger partial charge in [0.05, 0.1) is 6.67 Å². The molecular weight excluding hydrogens is 176 g/mol. The first-order valence-electron chi connectivity index (χ1n) is 5.62. The van der Waals surface area contributed by atoms with Crippen molar-refractivity contribution in [2.45, 2.75) is 39.5 Å².